The van der Waals surface area contributed by atoms with Gasteiger partial charge in [-0.25, -0.2) is 0 Å². The molecule has 0 bridgehead atoms. The maximum atomic E-state index is 13.5. The van der Waals surface area contributed by atoms with Gasteiger partial charge in [0.25, 0.3) is 5.91 Å². The average molecular weight is 553 g/mol. The van der Waals surface area contributed by atoms with Gasteiger partial charge in [0.2, 0.25) is 5.91 Å². The van der Waals surface area contributed by atoms with E-state index < -0.39 is 23.8 Å². The van der Waals surface area contributed by atoms with E-state index in [0.29, 0.717) is 29.0 Å². The number of benzene rings is 2. The van der Waals surface area contributed by atoms with Gasteiger partial charge in [-0.05, 0) is 42.2 Å². The molecule has 0 radical (unpaired) electrons. The summed E-state index contributed by atoms with van der Waals surface area (Å²) in [6, 6.07) is 6.38. The van der Waals surface area contributed by atoms with E-state index in [1.54, 1.807) is 23.1 Å². The van der Waals surface area contributed by atoms with Gasteiger partial charge in [-0.1, -0.05) is 20.8 Å². The highest BCUT2D eigenvalue weighted by Gasteiger charge is 2.30. The maximum Gasteiger partial charge on any atom is 0.323 e. The summed E-state index contributed by atoms with van der Waals surface area (Å²) in [7, 11) is 1.51. The Bertz CT molecular complexity index is 1380. The van der Waals surface area contributed by atoms with Crippen LogP contribution < -0.4 is 10.1 Å². The number of ketones is 1. The van der Waals surface area contributed by atoms with Crippen molar-refractivity contribution in [2.75, 3.05) is 26.7 Å². The van der Waals surface area contributed by atoms with E-state index in [4.69, 9.17) is 10.1 Å². The number of amidine groups is 1. The van der Waals surface area contributed by atoms with Crippen LogP contribution in [0.3, 0.4) is 0 Å². The number of ether oxygens (including phenoxy) is 1. The number of hydrogen-bond acceptors (Lipinski definition) is 7. The molecule has 0 atom stereocenters. The summed E-state index contributed by atoms with van der Waals surface area (Å²) < 4.78 is 5.64. The second-order valence-electron chi connectivity index (χ2n) is 10.7. The molecule has 0 saturated carbocycles. The van der Waals surface area contributed by atoms with Crippen molar-refractivity contribution in [1.82, 2.24) is 15.1 Å². The number of carboxylic acid groups (broad SMARTS) is 1. The van der Waals surface area contributed by atoms with Crippen LogP contribution >= 0.6 is 0 Å². The number of carbonyl (C=O) groups is 4. The standard InChI is InChI=1S/C29H36N4O7/c1-7-40-24-10-18-12-33(27(30)20(18)11-21(24)28(39)31-6)14-23(35)17-8-19(13-32(16(2)34)15-25(36)37)26(38)22(9-17)29(3,4)5/h8-11,30,38H,7,12-15H2,1-6H3,(H,31,39)(H,36,37). The molecule has 4 N–H and O–H groups in total. The van der Waals surface area contributed by atoms with Crippen LogP contribution in [0.5, 0.6) is 11.5 Å². The number of aromatic hydroxyl groups is 1. The number of aliphatic carboxylic acids is 1. The monoisotopic (exact) mass is 552 g/mol. The van der Waals surface area contributed by atoms with Gasteiger partial charge in [-0.3, -0.25) is 24.6 Å². The molecule has 0 spiro atoms. The summed E-state index contributed by atoms with van der Waals surface area (Å²) in [5.74, 6) is -1.96. The van der Waals surface area contributed by atoms with Gasteiger partial charge < -0.3 is 30.1 Å². The number of rotatable bonds is 10. The van der Waals surface area contributed by atoms with Crippen molar-refractivity contribution < 1.29 is 34.1 Å². The lowest BCUT2D eigenvalue weighted by atomic mass is 9.83. The molecular formula is C29H36N4O7. The molecule has 1 aliphatic heterocycles. The number of nitrogens with zero attached hydrogens (tertiary/aromatic N) is 2. The number of amides is 2. The van der Waals surface area contributed by atoms with Crippen LogP contribution in [-0.4, -0.2) is 76.2 Å². The van der Waals surface area contributed by atoms with Crippen molar-refractivity contribution in [2.45, 2.75) is 53.1 Å². The molecule has 11 heteroatoms. The van der Waals surface area contributed by atoms with Crippen molar-refractivity contribution in [3.05, 3.63) is 57.6 Å². The lowest BCUT2D eigenvalue weighted by Gasteiger charge is -2.26. The normalized spacial score (nSPS) is 12.7. The van der Waals surface area contributed by atoms with Crippen LogP contribution in [0, 0.1) is 5.41 Å². The van der Waals surface area contributed by atoms with Gasteiger partial charge in [0.05, 0.1) is 18.7 Å². The largest absolute Gasteiger partial charge is 0.507 e. The van der Waals surface area contributed by atoms with E-state index in [9.17, 15) is 29.4 Å². The summed E-state index contributed by atoms with van der Waals surface area (Å²) in [6.07, 6.45) is 0. The van der Waals surface area contributed by atoms with Crippen LogP contribution in [0.15, 0.2) is 24.3 Å². The summed E-state index contributed by atoms with van der Waals surface area (Å²) in [4.78, 5) is 52.0. The highest BCUT2D eigenvalue weighted by Crippen LogP contribution is 2.36. The van der Waals surface area contributed by atoms with Gasteiger partial charge in [0.15, 0.2) is 5.78 Å². The first-order valence-electron chi connectivity index (χ1n) is 12.9. The Kier molecular flexibility index (Phi) is 8.87. The van der Waals surface area contributed by atoms with Crippen LogP contribution in [0.2, 0.25) is 0 Å². The fourth-order valence-corrected chi connectivity index (χ4v) is 4.61. The van der Waals surface area contributed by atoms with Crippen molar-refractivity contribution in [3.8, 4) is 11.5 Å². The molecule has 0 unspecified atom stereocenters. The quantitative estimate of drug-likeness (QED) is 0.327. The zero-order valence-corrected chi connectivity index (χ0v) is 23.7. The maximum absolute atomic E-state index is 13.5. The smallest absolute Gasteiger partial charge is 0.323 e. The topological polar surface area (TPSA) is 160 Å². The number of Topliss-reactive ketones (excluding diaryl/α,β-unsaturated/α-hetero) is 1. The molecule has 3 rings (SSSR count). The van der Waals surface area contributed by atoms with Crippen LogP contribution in [-0.2, 0) is 28.1 Å². The average Bonchev–Trinajstić information content (AvgIpc) is 3.16. The third-order valence-corrected chi connectivity index (χ3v) is 6.70. The first-order valence-corrected chi connectivity index (χ1v) is 12.9. The van der Waals surface area contributed by atoms with Crippen LogP contribution in [0.4, 0.5) is 0 Å². The van der Waals surface area contributed by atoms with Crippen LogP contribution in [0.1, 0.15) is 77.6 Å². The second kappa shape index (κ2) is 11.8. The molecule has 2 aromatic carbocycles. The molecule has 0 saturated heterocycles. The number of fused-ring (bicyclic) bond motifs is 1. The molecule has 2 aromatic rings. The Balaban J connectivity index is 1.95. The van der Waals surface area contributed by atoms with Gasteiger partial charge in [0, 0.05) is 49.3 Å². The van der Waals surface area contributed by atoms with E-state index in [0.717, 1.165) is 10.5 Å². The first kappa shape index (κ1) is 30.1. The lowest BCUT2D eigenvalue weighted by Crippen LogP contribution is -2.34. The minimum Gasteiger partial charge on any atom is -0.507 e. The fraction of sp³-hybridized carbons (Fsp3) is 0.414. The lowest BCUT2D eigenvalue weighted by molar-refractivity contribution is -0.144. The fourth-order valence-electron chi connectivity index (χ4n) is 4.61. The number of phenols is 1. The molecule has 0 aromatic heterocycles. The summed E-state index contributed by atoms with van der Waals surface area (Å²) in [6.45, 7) is 8.38. The zero-order chi connectivity index (χ0) is 29.9. The number of carboxylic acids is 1. The summed E-state index contributed by atoms with van der Waals surface area (Å²) >= 11 is 0. The Morgan fingerprint density at radius 3 is 2.38 bits per heavy atom. The van der Waals surface area contributed by atoms with E-state index in [-0.39, 0.29) is 54.0 Å². The molecule has 40 heavy (non-hydrogen) atoms. The van der Waals surface area contributed by atoms with Gasteiger partial charge in [0.1, 0.15) is 23.9 Å². The molecular weight excluding hydrogens is 516 g/mol. The summed E-state index contributed by atoms with van der Waals surface area (Å²) in [5.41, 5.74) is 2.01. The van der Waals surface area contributed by atoms with Gasteiger partial charge >= 0.3 is 5.97 Å². The SMILES string of the molecule is CCOc1cc2c(cc1C(=O)NC)C(=N)N(CC(=O)c1cc(CN(CC(=O)O)C(C)=O)c(O)c(C(C)(C)C)c1)C2. The van der Waals surface area contributed by atoms with Crippen LogP contribution in [0.25, 0.3) is 0 Å². The molecule has 0 aliphatic carbocycles. The molecule has 11 nitrogen and oxygen atoms in total. The second-order valence-corrected chi connectivity index (χ2v) is 10.7. The third kappa shape index (κ3) is 6.41. The van der Waals surface area contributed by atoms with Gasteiger partial charge in [-0.15, -0.1) is 0 Å². The van der Waals surface area contributed by atoms with Crippen molar-refractivity contribution in [2.24, 2.45) is 0 Å². The molecule has 1 aliphatic rings. The highest BCUT2D eigenvalue weighted by molar-refractivity contribution is 6.07. The number of carbonyl (C=O) groups excluding carboxylic acids is 3. The Labute approximate surface area is 233 Å². The van der Waals surface area contributed by atoms with Crippen molar-refractivity contribution in [1.29, 1.82) is 5.41 Å². The predicted molar refractivity (Wildman–Crippen MR) is 148 cm³/mol. The van der Waals surface area contributed by atoms with E-state index in [1.165, 1.54) is 20.0 Å². The summed E-state index contributed by atoms with van der Waals surface area (Å²) in [5, 5.41) is 31.5. The Morgan fingerprint density at radius 2 is 1.82 bits per heavy atom. The Morgan fingerprint density at radius 1 is 1.15 bits per heavy atom. The number of phenolic OH excluding ortho intramolecular Hbond substituents is 1. The molecule has 0 fully saturated rings. The third-order valence-electron chi connectivity index (χ3n) is 6.70. The first-order chi connectivity index (χ1) is 18.7. The highest BCUT2D eigenvalue weighted by atomic mass is 16.5. The molecule has 1 heterocycles. The molecule has 214 valence electrons. The predicted octanol–water partition coefficient (Wildman–Crippen LogP) is 2.90. The van der Waals surface area contributed by atoms with E-state index in [2.05, 4.69) is 5.32 Å². The Hall–Kier alpha value is -4.41. The van der Waals surface area contributed by atoms with Crippen molar-refractivity contribution in [3.63, 3.8) is 0 Å². The van der Waals surface area contributed by atoms with Crippen molar-refractivity contribution >= 4 is 29.4 Å². The minimum absolute atomic E-state index is 0.0933. The molecule has 2 amide bonds. The zero-order valence-electron chi connectivity index (χ0n) is 23.7. The van der Waals surface area contributed by atoms with E-state index in [1.807, 2.05) is 27.7 Å². The van der Waals surface area contributed by atoms with Gasteiger partial charge in [-0.2, -0.15) is 0 Å². The van der Waals surface area contributed by atoms with E-state index >= 15 is 0 Å². The minimum atomic E-state index is -1.20. The number of hydrogen-bond donors (Lipinski definition) is 4. The number of nitrogens with one attached hydrogen (secondary N) is 2.